The van der Waals surface area contributed by atoms with Crippen molar-refractivity contribution in [2.75, 3.05) is 11.9 Å². The molecule has 1 fully saturated rings. The van der Waals surface area contributed by atoms with Crippen LogP contribution in [0, 0.1) is 6.92 Å². The Balaban J connectivity index is 1.58. The fraction of sp³-hybridized carbons (Fsp3) is 0.320. The lowest BCUT2D eigenvalue weighted by molar-refractivity contribution is -0.131. The summed E-state index contributed by atoms with van der Waals surface area (Å²) in [5.74, 6) is -0.379. The zero-order valence-electron chi connectivity index (χ0n) is 19.2. The summed E-state index contributed by atoms with van der Waals surface area (Å²) in [5, 5.41) is 14.3. The van der Waals surface area contributed by atoms with Gasteiger partial charge >= 0.3 is 0 Å². The molecule has 1 saturated heterocycles. The summed E-state index contributed by atoms with van der Waals surface area (Å²) in [7, 11) is 0. The van der Waals surface area contributed by atoms with Crippen molar-refractivity contribution in [1.29, 1.82) is 0 Å². The monoisotopic (exact) mass is 497 g/mol. The van der Waals surface area contributed by atoms with Gasteiger partial charge in [0.2, 0.25) is 11.9 Å². The van der Waals surface area contributed by atoms with E-state index in [1.54, 1.807) is 42.3 Å². The molecular formula is C25H28ClN5O4. The van der Waals surface area contributed by atoms with E-state index in [4.69, 9.17) is 22.1 Å². The molecule has 1 aliphatic rings. The number of hydrogen-bond donors (Lipinski definition) is 4. The summed E-state index contributed by atoms with van der Waals surface area (Å²) >= 11 is 6.07. The first-order valence-corrected chi connectivity index (χ1v) is 11.7. The highest BCUT2D eigenvalue weighted by Gasteiger charge is 2.44. The Kier molecular flexibility index (Phi) is 7.70. The van der Waals surface area contributed by atoms with Crippen LogP contribution < -0.4 is 15.8 Å². The maximum atomic E-state index is 13.0. The number of aryl methyl sites for hydroxylation is 1. The molecule has 2 unspecified atom stereocenters. The molecule has 1 aliphatic heterocycles. The van der Waals surface area contributed by atoms with Gasteiger partial charge in [0.15, 0.2) is 0 Å². The molecular weight excluding hydrogens is 470 g/mol. The fourth-order valence-corrected chi connectivity index (χ4v) is 4.57. The zero-order valence-corrected chi connectivity index (χ0v) is 20.0. The van der Waals surface area contributed by atoms with Gasteiger partial charge in [0, 0.05) is 35.9 Å². The highest BCUT2D eigenvalue weighted by atomic mass is 35.5. The van der Waals surface area contributed by atoms with Crippen LogP contribution in [-0.4, -0.2) is 62.6 Å². The van der Waals surface area contributed by atoms with Crippen LogP contribution in [0.15, 0.2) is 60.8 Å². The maximum Gasteiger partial charge on any atom is 0.257 e. The minimum absolute atomic E-state index is 0.236. The molecule has 2 heterocycles. The third-order valence-electron chi connectivity index (χ3n) is 6.02. The maximum absolute atomic E-state index is 13.0. The number of benzene rings is 2. The van der Waals surface area contributed by atoms with Crippen molar-refractivity contribution in [1.82, 2.24) is 14.9 Å². The van der Waals surface area contributed by atoms with Crippen molar-refractivity contribution in [3.05, 3.63) is 77.1 Å². The lowest BCUT2D eigenvalue weighted by Gasteiger charge is -2.34. The van der Waals surface area contributed by atoms with Crippen LogP contribution in [0.25, 0.3) is 0 Å². The average Bonchev–Trinajstić information content (AvgIpc) is 3.43. The number of imidazole rings is 1. The largest absolute Gasteiger partial charge is 0.489 e. The molecule has 2 amide bonds. The Bertz CT molecular complexity index is 1170. The predicted octanol–water partition coefficient (Wildman–Crippen LogP) is 2.29. The lowest BCUT2D eigenvalue weighted by atomic mass is 9.98. The molecule has 0 saturated carbocycles. The quantitative estimate of drug-likeness (QED) is 0.358. The number of nitrogens with one attached hydrogen (secondary N) is 2. The second-order valence-corrected chi connectivity index (χ2v) is 9.09. The first-order valence-electron chi connectivity index (χ1n) is 11.3. The zero-order chi connectivity index (χ0) is 24.9. The molecule has 0 spiro atoms. The van der Waals surface area contributed by atoms with Crippen LogP contribution in [0.2, 0.25) is 5.02 Å². The molecule has 0 bridgehead atoms. The smallest absolute Gasteiger partial charge is 0.257 e. The molecule has 184 valence electrons. The van der Waals surface area contributed by atoms with Gasteiger partial charge < -0.3 is 20.6 Å². The van der Waals surface area contributed by atoms with Crippen molar-refractivity contribution in [3.63, 3.8) is 0 Å². The molecule has 4 atom stereocenters. The second-order valence-electron chi connectivity index (χ2n) is 8.65. The van der Waals surface area contributed by atoms with E-state index in [2.05, 4.69) is 15.3 Å². The molecule has 9 nitrogen and oxygen atoms in total. The molecule has 2 aromatic carbocycles. The number of nitrogens with zero attached hydrogens (tertiary/aromatic N) is 2. The van der Waals surface area contributed by atoms with Gasteiger partial charge in [-0.15, -0.1) is 0 Å². The molecule has 4 rings (SSSR count). The molecule has 1 aromatic heterocycles. The molecule has 0 radical (unpaired) electrons. The highest BCUT2D eigenvalue weighted by molar-refractivity contribution is 6.30. The number of likely N-dealkylation sites (tertiary alicyclic amines) is 1. The number of carbonyl (C=O) groups excluding carboxylic acids is 2. The first-order chi connectivity index (χ1) is 16.8. The number of ether oxygens (including phenoxy) is 1. The van der Waals surface area contributed by atoms with E-state index < -0.39 is 30.0 Å². The number of rotatable bonds is 9. The first kappa shape index (κ1) is 24.7. The van der Waals surface area contributed by atoms with Crippen LogP contribution in [-0.2, 0) is 16.0 Å². The lowest BCUT2D eigenvalue weighted by Crippen LogP contribution is -2.54. The van der Waals surface area contributed by atoms with Crippen molar-refractivity contribution in [2.24, 2.45) is 5.73 Å². The van der Waals surface area contributed by atoms with Crippen LogP contribution >= 0.6 is 11.6 Å². The number of aromatic nitrogens is 2. The predicted molar refractivity (Wildman–Crippen MR) is 132 cm³/mol. The summed E-state index contributed by atoms with van der Waals surface area (Å²) in [6.07, 6.45) is 0.365. The molecule has 10 heteroatoms. The SMILES string of the molecule is Cc1cnc(NC(=O)C(O)C(Cc2ccccc2)N2C[C@H](Oc3cccc(Cl)c3)C[C@H]2C(N)=O)[nH]1. The van der Waals surface area contributed by atoms with Gasteiger partial charge in [0.05, 0.1) is 6.04 Å². The van der Waals surface area contributed by atoms with Crippen molar-refractivity contribution in [3.8, 4) is 5.75 Å². The number of halogens is 1. The van der Waals surface area contributed by atoms with Gasteiger partial charge in [-0.1, -0.05) is 48.0 Å². The third kappa shape index (κ3) is 6.19. The fourth-order valence-electron chi connectivity index (χ4n) is 4.39. The van der Waals surface area contributed by atoms with Crippen LogP contribution in [0.4, 0.5) is 5.95 Å². The Morgan fingerprint density at radius 1 is 1.29 bits per heavy atom. The topological polar surface area (TPSA) is 134 Å². The molecule has 35 heavy (non-hydrogen) atoms. The van der Waals surface area contributed by atoms with E-state index in [1.165, 1.54) is 0 Å². The van der Waals surface area contributed by atoms with Gasteiger partial charge in [0.1, 0.15) is 18.0 Å². The van der Waals surface area contributed by atoms with Gasteiger partial charge in [-0.25, -0.2) is 4.98 Å². The van der Waals surface area contributed by atoms with Gasteiger partial charge in [-0.2, -0.15) is 0 Å². The van der Waals surface area contributed by atoms with Gasteiger partial charge in [0.25, 0.3) is 5.91 Å². The van der Waals surface area contributed by atoms with E-state index >= 15 is 0 Å². The number of hydrogen-bond acceptors (Lipinski definition) is 6. The van der Waals surface area contributed by atoms with Crippen molar-refractivity contribution >= 4 is 29.4 Å². The van der Waals surface area contributed by atoms with Crippen LogP contribution in [0.5, 0.6) is 5.75 Å². The van der Waals surface area contributed by atoms with E-state index in [0.717, 1.165) is 11.3 Å². The van der Waals surface area contributed by atoms with Gasteiger partial charge in [-0.05, 0) is 37.1 Å². The normalized spacial score (nSPS) is 19.7. The molecule has 3 aromatic rings. The van der Waals surface area contributed by atoms with Crippen LogP contribution in [0.1, 0.15) is 17.7 Å². The Hall–Kier alpha value is -3.40. The van der Waals surface area contributed by atoms with Crippen molar-refractivity contribution in [2.45, 2.75) is 44.1 Å². The van der Waals surface area contributed by atoms with Crippen molar-refractivity contribution < 1.29 is 19.4 Å². The summed E-state index contributed by atoms with van der Waals surface area (Å²) < 4.78 is 6.07. The molecule has 5 N–H and O–H groups in total. The second kappa shape index (κ2) is 10.9. The standard InChI is InChI=1S/C25H28ClN5O4/c1-15-13-28-25(29-15)30-24(34)22(32)20(10-16-6-3-2-4-7-16)31-14-19(12-21(31)23(27)33)35-18-9-5-8-17(26)11-18/h2-9,11,13,19-22,32H,10,12,14H2,1H3,(H2,27,33)(H2,28,29,30,34)/t19-,20?,21+,22?/m1/s1. The Labute approximate surface area is 208 Å². The van der Waals surface area contributed by atoms with Crippen LogP contribution in [0.3, 0.4) is 0 Å². The number of aliphatic hydroxyl groups is 1. The number of H-pyrrole nitrogens is 1. The summed E-state index contributed by atoms with van der Waals surface area (Å²) in [6, 6.07) is 15.0. The Morgan fingerprint density at radius 3 is 2.71 bits per heavy atom. The number of amides is 2. The number of carbonyl (C=O) groups is 2. The number of aliphatic hydroxyl groups excluding tert-OH is 1. The minimum atomic E-state index is -1.47. The average molecular weight is 498 g/mol. The van der Waals surface area contributed by atoms with Gasteiger partial charge in [-0.3, -0.25) is 19.8 Å². The number of primary amides is 1. The minimum Gasteiger partial charge on any atom is -0.489 e. The number of anilines is 1. The summed E-state index contributed by atoms with van der Waals surface area (Å²) in [5.41, 5.74) is 7.42. The Morgan fingerprint density at radius 2 is 2.06 bits per heavy atom. The van der Waals surface area contributed by atoms with E-state index in [1.807, 2.05) is 30.3 Å². The summed E-state index contributed by atoms with van der Waals surface area (Å²) in [4.78, 5) is 34.2. The molecule has 0 aliphatic carbocycles. The summed E-state index contributed by atoms with van der Waals surface area (Å²) in [6.45, 7) is 2.10. The van der Waals surface area contributed by atoms with E-state index in [9.17, 15) is 14.7 Å². The number of aromatic amines is 1. The highest BCUT2D eigenvalue weighted by Crippen LogP contribution is 2.29. The van der Waals surface area contributed by atoms with E-state index in [-0.39, 0.29) is 12.1 Å². The number of nitrogens with two attached hydrogens (primary N) is 1. The third-order valence-corrected chi connectivity index (χ3v) is 6.25. The van der Waals surface area contributed by atoms with E-state index in [0.29, 0.717) is 30.2 Å².